The van der Waals surface area contributed by atoms with Crippen LogP contribution >= 0.6 is 0 Å². The molecule has 0 radical (unpaired) electrons. The van der Waals surface area contributed by atoms with Gasteiger partial charge in [-0.05, 0) is 54.3 Å². The van der Waals surface area contributed by atoms with E-state index in [2.05, 4.69) is 9.72 Å². The number of halogens is 3. The summed E-state index contributed by atoms with van der Waals surface area (Å²) in [5, 5.41) is 0. The molecule has 0 unspecified atom stereocenters. The summed E-state index contributed by atoms with van der Waals surface area (Å²) in [6, 6.07) is 7.64. The van der Waals surface area contributed by atoms with E-state index in [0.29, 0.717) is 30.6 Å². The lowest BCUT2D eigenvalue weighted by atomic mass is 10.0. The Balaban J connectivity index is 1.79. The minimum absolute atomic E-state index is 0.228. The lowest BCUT2D eigenvalue weighted by Crippen LogP contribution is -2.34. The van der Waals surface area contributed by atoms with Crippen LogP contribution < -0.4 is 9.64 Å². The van der Waals surface area contributed by atoms with Crippen molar-refractivity contribution in [1.82, 2.24) is 4.98 Å². The highest BCUT2D eigenvalue weighted by molar-refractivity contribution is 6.04. The number of alkyl halides is 3. The fraction of sp³-hybridized carbons (Fsp3) is 0.222. The predicted octanol–water partition coefficient (Wildman–Crippen LogP) is 3.97. The van der Waals surface area contributed by atoms with Crippen LogP contribution in [0.1, 0.15) is 17.5 Å². The second-order valence-electron chi connectivity index (χ2n) is 5.55. The van der Waals surface area contributed by atoms with E-state index in [9.17, 15) is 18.0 Å². The number of carbonyl (C=O) groups excluding carboxylic acids is 1. The molecular formula is C18H15F3N2O2. The zero-order valence-electron chi connectivity index (χ0n) is 13.2. The normalized spacial score (nSPS) is 14.4. The topological polar surface area (TPSA) is 42.4 Å². The summed E-state index contributed by atoms with van der Waals surface area (Å²) >= 11 is 0. The van der Waals surface area contributed by atoms with Crippen LogP contribution in [-0.2, 0) is 11.2 Å². The zero-order valence-corrected chi connectivity index (χ0v) is 13.2. The number of rotatable bonds is 3. The fourth-order valence-electron chi connectivity index (χ4n) is 2.73. The average Bonchev–Trinajstić information content (AvgIpc) is 2.58. The maximum absolute atomic E-state index is 12.5. The molecule has 0 saturated carbocycles. The van der Waals surface area contributed by atoms with Crippen molar-refractivity contribution in [2.45, 2.75) is 19.2 Å². The minimum atomic E-state index is -4.73. The van der Waals surface area contributed by atoms with E-state index in [1.165, 1.54) is 24.3 Å². The van der Waals surface area contributed by atoms with Crippen molar-refractivity contribution in [3.63, 3.8) is 0 Å². The average molecular weight is 348 g/mol. The van der Waals surface area contributed by atoms with E-state index >= 15 is 0 Å². The molecule has 1 aliphatic rings. The van der Waals surface area contributed by atoms with Crippen molar-refractivity contribution in [2.75, 3.05) is 11.4 Å². The predicted molar refractivity (Wildman–Crippen MR) is 87.1 cm³/mol. The number of fused-ring (bicyclic) bond motifs is 1. The summed E-state index contributed by atoms with van der Waals surface area (Å²) in [6.07, 6.45) is 2.91. The molecule has 0 fully saturated rings. The van der Waals surface area contributed by atoms with Crippen LogP contribution in [0.3, 0.4) is 0 Å². The van der Waals surface area contributed by atoms with Crippen molar-refractivity contribution >= 4 is 17.7 Å². The standard InChI is InChI=1S/C18H15F3N2O2/c19-18(20,21)25-15-6-7-16-14(11-15)4-2-10-23(16)17(24)8-5-13-3-1-9-22-12-13/h1,3,5-9,11-12H,2,4,10H2/b8-5+. The third kappa shape index (κ3) is 4.37. The Morgan fingerprint density at radius 2 is 2.12 bits per heavy atom. The Morgan fingerprint density at radius 1 is 1.28 bits per heavy atom. The molecule has 2 heterocycles. The van der Waals surface area contributed by atoms with Crippen LogP contribution in [0.15, 0.2) is 48.8 Å². The zero-order chi connectivity index (χ0) is 17.9. The molecule has 1 aromatic carbocycles. The van der Waals surface area contributed by atoms with Crippen LogP contribution in [-0.4, -0.2) is 23.8 Å². The van der Waals surface area contributed by atoms with Gasteiger partial charge in [-0.1, -0.05) is 6.07 Å². The number of aromatic nitrogens is 1. The summed E-state index contributed by atoms with van der Waals surface area (Å²) in [5.74, 6) is -0.499. The van der Waals surface area contributed by atoms with Crippen molar-refractivity contribution in [3.8, 4) is 5.75 Å². The molecule has 1 aliphatic heterocycles. The molecule has 2 aromatic rings. The van der Waals surface area contributed by atoms with E-state index in [4.69, 9.17) is 0 Å². The van der Waals surface area contributed by atoms with Gasteiger partial charge in [0, 0.05) is 30.7 Å². The van der Waals surface area contributed by atoms with Crippen LogP contribution in [0, 0.1) is 0 Å². The van der Waals surface area contributed by atoms with E-state index in [1.807, 2.05) is 6.07 Å². The summed E-state index contributed by atoms with van der Waals surface area (Å²) < 4.78 is 41.0. The molecule has 0 aliphatic carbocycles. The van der Waals surface area contributed by atoms with Crippen molar-refractivity contribution in [1.29, 1.82) is 0 Å². The highest BCUT2D eigenvalue weighted by Crippen LogP contribution is 2.32. The van der Waals surface area contributed by atoms with Crippen LogP contribution in [0.4, 0.5) is 18.9 Å². The maximum Gasteiger partial charge on any atom is 0.573 e. The van der Waals surface area contributed by atoms with Gasteiger partial charge in [0.15, 0.2) is 0 Å². The number of carbonyl (C=O) groups is 1. The monoisotopic (exact) mass is 348 g/mol. The van der Waals surface area contributed by atoms with Crippen molar-refractivity contribution in [2.24, 2.45) is 0 Å². The van der Waals surface area contributed by atoms with Gasteiger partial charge in [-0.3, -0.25) is 9.78 Å². The van der Waals surface area contributed by atoms with E-state index in [1.54, 1.807) is 29.4 Å². The first-order chi connectivity index (χ1) is 11.9. The van der Waals surface area contributed by atoms with Gasteiger partial charge in [0.25, 0.3) is 5.91 Å². The number of hydrogen-bond donors (Lipinski definition) is 0. The molecule has 0 spiro atoms. The third-order valence-electron chi connectivity index (χ3n) is 3.77. The van der Waals surface area contributed by atoms with Gasteiger partial charge >= 0.3 is 6.36 Å². The Bertz CT molecular complexity index is 789. The Morgan fingerprint density at radius 3 is 2.84 bits per heavy atom. The van der Waals surface area contributed by atoms with E-state index in [0.717, 1.165) is 5.56 Å². The Labute approximate surface area is 142 Å². The minimum Gasteiger partial charge on any atom is -0.406 e. The summed E-state index contributed by atoms with van der Waals surface area (Å²) in [7, 11) is 0. The Hall–Kier alpha value is -2.83. The van der Waals surface area contributed by atoms with Crippen LogP contribution in [0.25, 0.3) is 6.08 Å². The van der Waals surface area contributed by atoms with Crippen molar-refractivity contribution in [3.05, 3.63) is 59.9 Å². The fourth-order valence-corrected chi connectivity index (χ4v) is 2.73. The van der Waals surface area contributed by atoms with Gasteiger partial charge in [-0.2, -0.15) is 0 Å². The number of amides is 1. The maximum atomic E-state index is 12.5. The van der Waals surface area contributed by atoms with E-state index < -0.39 is 6.36 Å². The smallest absolute Gasteiger partial charge is 0.406 e. The molecule has 0 atom stereocenters. The van der Waals surface area contributed by atoms with Crippen LogP contribution in [0.5, 0.6) is 5.75 Å². The molecule has 7 heteroatoms. The molecule has 0 N–H and O–H groups in total. The first kappa shape index (κ1) is 17.0. The van der Waals surface area contributed by atoms with Gasteiger partial charge in [0.05, 0.1) is 0 Å². The van der Waals surface area contributed by atoms with Gasteiger partial charge in [0.2, 0.25) is 0 Å². The molecule has 0 saturated heterocycles. The first-order valence-corrected chi connectivity index (χ1v) is 7.71. The molecule has 25 heavy (non-hydrogen) atoms. The highest BCUT2D eigenvalue weighted by Gasteiger charge is 2.31. The number of ether oxygens (including phenoxy) is 1. The van der Waals surface area contributed by atoms with Crippen molar-refractivity contribution < 1.29 is 22.7 Å². The lowest BCUT2D eigenvalue weighted by Gasteiger charge is -2.29. The molecule has 1 amide bonds. The van der Waals surface area contributed by atoms with Crippen LogP contribution in [0.2, 0.25) is 0 Å². The molecule has 0 bridgehead atoms. The lowest BCUT2D eigenvalue weighted by molar-refractivity contribution is -0.274. The number of hydrogen-bond acceptors (Lipinski definition) is 3. The van der Waals surface area contributed by atoms with E-state index in [-0.39, 0.29) is 11.7 Å². The molecule has 3 rings (SSSR count). The quantitative estimate of drug-likeness (QED) is 0.788. The Kier molecular flexibility index (Phi) is 4.74. The number of nitrogens with zero attached hydrogens (tertiary/aromatic N) is 2. The number of pyridine rings is 1. The van der Waals surface area contributed by atoms with Gasteiger partial charge in [0.1, 0.15) is 5.75 Å². The summed E-state index contributed by atoms with van der Waals surface area (Å²) in [6.45, 7) is 0.517. The van der Waals surface area contributed by atoms with Gasteiger partial charge < -0.3 is 9.64 Å². The molecule has 1 aromatic heterocycles. The summed E-state index contributed by atoms with van der Waals surface area (Å²) in [5.41, 5.74) is 2.07. The second-order valence-corrected chi connectivity index (χ2v) is 5.55. The third-order valence-corrected chi connectivity index (χ3v) is 3.77. The first-order valence-electron chi connectivity index (χ1n) is 7.71. The largest absolute Gasteiger partial charge is 0.573 e. The SMILES string of the molecule is O=C(/C=C/c1cccnc1)N1CCCc2cc(OC(F)(F)F)ccc21. The van der Waals surface area contributed by atoms with Gasteiger partial charge in [-0.25, -0.2) is 0 Å². The second kappa shape index (κ2) is 6.96. The molecule has 130 valence electrons. The highest BCUT2D eigenvalue weighted by atomic mass is 19.4. The molecular weight excluding hydrogens is 333 g/mol. The number of anilines is 1. The number of aryl methyl sites for hydroxylation is 1. The van der Waals surface area contributed by atoms with Gasteiger partial charge in [-0.15, -0.1) is 13.2 Å². The summed E-state index contributed by atoms with van der Waals surface area (Å²) in [4.78, 5) is 18.0. The molecule has 4 nitrogen and oxygen atoms in total. The number of benzene rings is 1.